The van der Waals surface area contributed by atoms with Gasteiger partial charge in [-0.1, -0.05) is 0 Å². The van der Waals surface area contributed by atoms with Crippen LogP contribution in [0.25, 0.3) is 0 Å². The zero-order valence-corrected chi connectivity index (χ0v) is 9.08. The topological polar surface area (TPSA) is 69.4 Å². The molecule has 0 radical (unpaired) electrons. The minimum Gasteiger partial charge on any atom is -0.460 e. The van der Waals surface area contributed by atoms with Gasteiger partial charge < -0.3 is 15.3 Å². The molecular formula is C10H19NO3. The van der Waals surface area contributed by atoms with Crippen LogP contribution in [0.1, 0.15) is 33.6 Å². The summed E-state index contributed by atoms with van der Waals surface area (Å²) in [5.41, 5.74) is 4.83. The summed E-state index contributed by atoms with van der Waals surface area (Å²) in [4.78, 5) is 21.8. The van der Waals surface area contributed by atoms with Crippen LogP contribution in [0.5, 0.6) is 0 Å². The number of hydrogen-bond donors (Lipinski definition) is 1. The number of hydrogen-bond acceptors (Lipinski definition) is 4. The largest absolute Gasteiger partial charge is 0.460 e. The van der Waals surface area contributed by atoms with Crippen LogP contribution in [0.15, 0.2) is 0 Å². The highest BCUT2D eigenvalue weighted by Crippen LogP contribution is 2.15. The minimum atomic E-state index is -0.507. The van der Waals surface area contributed by atoms with Crippen LogP contribution in [0.3, 0.4) is 0 Å². The van der Waals surface area contributed by atoms with E-state index in [1.807, 2.05) is 0 Å². The van der Waals surface area contributed by atoms with Crippen molar-refractivity contribution in [2.24, 2.45) is 11.7 Å². The summed E-state index contributed by atoms with van der Waals surface area (Å²) in [5, 5.41) is 0. The predicted octanol–water partition coefficient (Wildman–Crippen LogP) is 0.882. The molecule has 0 fully saturated rings. The van der Waals surface area contributed by atoms with Crippen molar-refractivity contribution in [2.45, 2.75) is 39.2 Å². The molecule has 0 aromatic carbocycles. The average Bonchev–Trinajstić information content (AvgIpc) is 2.01. The molecule has 0 aliphatic rings. The second-order valence-electron chi connectivity index (χ2n) is 4.21. The SMILES string of the molecule is CC(C)(C)OC(=O)C(CC=O)CCN. The van der Waals surface area contributed by atoms with Crippen molar-refractivity contribution in [1.29, 1.82) is 0 Å². The third-order valence-electron chi connectivity index (χ3n) is 1.64. The lowest BCUT2D eigenvalue weighted by atomic mass is 10.0. The van der Waals surface area contributed by atoms with E-state index in [1.165, 1.54) is 0 Å². The Bertz CT molecular complexity index is 196. The van der Waals surface area contributed by atoms with Gasteiger partial charge in [-0.15, -0.1) is 0 Å². The average molecular weight is 201 g/mol. The van der Waals surface area contributed by atoms with E-state index >= 15 is 0 Å². The molecule has 0 saturated carbocycles. The lowest BCUT2D eigenvalue weighted by Gasteiger charge is -2.22. The van der Waals surface area contributed by atoms with Crippen molar-refractivity contribution < 1.29 is 14.3 Å². The lowest BCUT2D eigenvalue weighted by molar-refractivity contribution is -0.160. The number of carbonyl (C=O) groups excluding carboxylic acids is 2. The fraction of sp³-hybridized carbons (Fsp3) is 0.800. The molecule has 0 saturated heterocycles. The molecule has 4 heteroatoms. The van der Waals surface area contributed by atoms with Gasteiger partial charge in [0.25, 0.3) is 0 Å². The van der Waals surface area contributed by atoms with Crippen molar-refractivity contribution in [3.63, 3.8) is 0 Å². The summed E-state index contributed by atoms with van der Waals surface area (Å²) in [6, 6.07) is 0. The molecule has 82 valence electrons. The van der Waals surface area contributed by atoms with Gasteiger partial charge in [-0.25, -0.2) is 0 Å². The van der Waals surface area contributed by atoms with Crippen molar-refractivity contribution in [1.82, 2.24) is 0 Å². The number of rotatable bonds is 5. The summed E-state index contributed by atoms with van der Waals surface area (Å²) < 4.78 is 5.15. The summed E-state index contributed by atoms with van der Waals surface area (Å²) in [7, 11) is 0. The maximum absolute atomic E-state index is 11.5. The van der Waals surface area contributed by atoms with Crippen molar-refractivity contribution in [3.8, 4) is 0 Å². The van der Waals surface area contributed by atoms with Crippen LogP contribution < -0.4 is 5.73 Å². The Morgan fingerprint density at radius 1 is 1.50 bits per heavy atom. The number of carbonyl (C=O) groups is 2. The van der Waals surface area contributed by atoms with E-state index in [-0.39, 0.29) is 12.4 Å². The Balaban J connectivity index is 4.21. The quantitative estimate of drug-likeness (QED) is 0.529. The van der Waals surface area contributed by atoms with E-state index in [4.69, 9.17) is 10.5 Å². The summed E-state index contributed by atoms with van der Waals surface area (Å²) in [6.45, 7) is 5.78. The van der Waals surface area contributed by atoms with Crippen molar-refractivity contribution in [3.05, 3.63) is 0 Å². The fourth-order valence-corrected chi connectivity index (χ4v) is 1.03. The standard InChI is InChI=1S/C10H19NO3/c1-10(2,3)14-9(13)8(4-6-11)5-7-12/h7-8H,4-6,11H2,1-3H3. The first-order valence-electron chi connectivity index (χ1n) is 4.77. The molecule has 4 nitrogen and oxygen atoms in total. The van der Waals surface area contributed by atoms with Gasteiger partial charge in [-0.3, -0.25) is 4.79 Å². The molecule has 0 amide bonds. The molecule has 2 N–H and O–H groups in total. The highest BCUT2D eigenvalue weighted by molar-refractivity contribution is 5.75. The lowest BCUT2D eigenvalue weighted by Crippen LogP contribution is -2.30. The van der Waals surface area contributed by atoms with Gasteiger partial charge in [0, 0.05) is 6.42 Å². The number of ether oxygens (including phenoxy) is 1. The van der Waals surface area contributed by atoms with Crippen molar-refractivity contribution >= 4 is 12.3 Å². The summed E-state index contributed by atoms with van der Waals surface area (Å²) in [5.74, 6) is -0.730. The van der Waals surface area contributed by atoms with E-state index in [9.17, 15) is 9.59 Å². The van der Waals surface area contributed by atoms with Crippen LogP contribution in [-0.4, -0.2) is 24.4 Å². The number of nitrogens with two attached hydrogens (primary N) is 1. The van der Waals surface area contributed by atoms with Crippen LogP contribution >= 0.6 is 0 Å². The van der Waals surface area contributed by atoms with Gasteiger partial charge in [0.2, 0.25) is 0 Å². The number of aldehydes is 1. The Labute approximate surface area is 84.8 Å². The molecule has 0 aliphatic heterocycles. The van der Waals surface area contributed by atoms with Gasteiger partial charge in [-0.05, 0) is 33.7 Å². The third kappa shape index (κ3) is 5.70. The molecule has 0 spiro atoms. The molecule has 0 aromatic heterocycles. The minimum absolute atomic E-state index is 0.187. The van der Waals surface area contributed by atoms with Gasteiger partial charge in [0.05, 0.1) is 5.92 Å². The van der Waals surface area contributed by atoms with Crippen LogP contribution in [-0.2, 0) is 14.3 Å². The molecule has 0 bridgehead atoms. The molecule has 0 rings (SSSR count). The van der Waals surface area contributed by atoms with Gasteiger partial charge in [0.15, 0.2) is 0 Å². The van der Waals surface area contributed by atoms with Gasteiger partial charge in [0.1, 0.15) is 11.9 Å². The Hall–Kier alpha value is -0.900. The number of esters is 1. The predicted molar refractivity (Wildman–Crippen MR) is 53.7 cm³/mol. The van der Waals surface area contributed by atoms with Crippen LogP contribution in [0, 0.1) is 5.92 Å². The highest BCUT2D eigenvalue weighted by atomic mass is 16.6. The maximum Gasteiger partial charge on any atom is 0.309 e. The highest BCUT2D eigenvalue weighted by Gasteiger charge is 2.23. The first-order chi connectivity index (χ1) is 6.40. The smallest absolute Gasteiger partial charge is 0.309 e. The second kappa shape index (κ2) is 5.75. The molecule has 0 aromatic rings. The van der Waals surface area contributed by atoms with Gasteiger partial charge >= 0.3 is 5.97 Å². The zero-order chi connectivity index (χ0) is 11.2. The molecule has 0 heterocycles. The Morgan fingerprint density at radius 3 is 2.43 bits per heavy atom. The molecular weight excluding hydrogens is 182 g/mol. The van der Waals surface area contributed by atoms with E-state index in [0.29, 0.717) is 13.0 Å². The third-order valence-corrected chi connectivity index (χ3v) is 1.64. The molecule has 1 atom stereocenters. The first kappa shape index (κ1) is 13.1. The normalized spacial score (nSPS) is 13.4. The Morgan fingerprint density at radius 2 is 2.07 bits per heavy atom. The van der Waals surface area contributed by atoms with Crippen LogP contribution in [0.2, 0.25) is 0 Å². The van der Waals surface area contributed by atoms with Crippen molar-refractivity contribution in [2.75, 3.05) is 6.54 Å². The molecule has 14 heavy (non-hydrogen) atoms. The van der Waals surface area contributed by atoms with E-state index in [2.05, 4.69) is 0 Å². The molecule has 0 aliphatic carbocycles. The monoisotopic (exact) mass is 201 g/mol. The van der Waals surface area contributed by atoms with E-state index in [0.717, 1.165) is 6.29 Å². The summed E-state index contributed by atoms with van der Waals surface area (Å²) >= 11 is 0. The molecule has 1 unspecified atom stereocenters. The summed E-state index contributed by atoms with van der Waals surface area (Å²) in [6.07, 6.45) is 1.41. The maximum atomic E-state index is 11.5. The Kier molecular flexibility index (Phi) is 5.38. The van der Waals surface area contributed by atoms with Gasteiger partial charge in [-0.2, -0.15) is 0 Å². The van der Waals surface area contributed by atoms with E-state index < -0.39 is 11.5 Å². The van der Waals surface area contributed by atoms with Crippen LogP contribution in [0.4, 0.5) is 0 Å². The fourth-order valence-electron chi connectivity index (χ4n) is 1.03. The first-order valence-corrected chi connectivity index (χ1v) is 4.77. The zero-order valence-electron chi connectivity index (χ0n) is 9.08. The van der Waals surface area contributed by atoms with E-state index in [1.54, 1.807) is 20.8 Å². The second-order valence-corrected chi connectivity index (χ2v) is 4.21.